The van der Waals surface area contributed by atoms with Gasteiger partial charge in [-0.05, 0) is 30.2 Å². The number of carbonyl (C=O) groups is 1. The lowest BCUT2D eigenvalue weighted by atomic mass is 10.0. The number of nitrogens with one attached hydrogen (secondary N) is 1. The number of carboxylic acids is 1. The van der Waals surface area contributed by atoms with Crippen LogP contribution in [0.25, 0.3) is 22.2 Å². The number of aromatic amines is 1. The Bertz CT molecular complexity index is 884. The van der Waals surface area contributed by atoms with Gasteiger partial charge in [0.2, 0.25) is 0 Å². The lowest BCUT2D eigenvalue weighted by Crippen LogP contribution is -2.01. The maximum atomic E-state index is 11.3. The van der Waals surface area contributed by atoms with E-state index < -0.39 is 5.97 Å². The lowest BCUT2D eigenvalue weighted by Gasteiger charge is -2.05. The van der Waals surface area contributed by atoms with Crippen molar-refractivity contribution in [1.29, 1.82) is 0 Å². The van der Waals surface area contributed by atoms with Crippen LogP contribution in [0.5, 0.6) is 0 Å². The first-order valence-electron chi connectivity index (χ1n) is 6.75. The Labute approximate surface area is 137 Å². The summed E-state index contributed by atoms with van der Waals surface area (Å²) < 4.78 is 0. The van der Waals surface area contributed by atoms with Gasteiger partial charge >= 0.3 is 5.97 Å². The molecule has 0 saturated carbocycles. The number of benzene rings is 2. The number of carboxylic acid groups (broad SMARTS) is 1. The van der Waals surface area contributed by atoms with Crippen LogP contribution in [0.4, 0.5) is 0 Å². The summed E-state index contributed by atoms with van der Waals surface area (Å²) in [5.41, 5.74) is 3.98. The maximum Gasteiger partial charge on any atom is 0.307 e. The molecule has 3 nitrogen and oxygen atoms in total. The zero-order chi connectivity index (χ0) is 15.9. The van der Waals surface area contributed by atoms with Gasteiger partial charge in [0, 0.05) is 16.0 Å². The zero-order valence-electron chi connectivity index (χ0n) is 11.8. The molecule has 112 valence electrons. The van der Waals surface area contributed by atoms with Crippen LogP contribution in [-0.2, 0) is 11.2 Å². The van der Waals surface area contributed by atoms with E-state index in [1.165, 1.54) is 0 Å². The highest BCUT2D eigenvalue weighted by atomic mass is 35.5. The van der Waals surface area contributed by atoms with E-state index in [0.717, 1.165) is 22.0 Å². The second-order valence-electron chi connectivity index (χ2n) is 5.14. The molecule has 0 fully saturated rings. The van der Waals surface area contributed by atoms with Crippen LogP contribution in [0.1, 0.15) is 11.1 Å². The van der Waals surface area contributed by atoms with Crippen molar-refractivity contribution in [1.82, 2.24) is 4.98 Å². The molecule has 0 unspecified atom stereocenters. The highest BCUT2D eigenvalue weighted by Gasteiger charge is 2.20. The van der Waals surface area contributed by atoms with Gasteiger partial charge in [0.05, 0.1) is 22.7 Å². The summed E-state index contributed by atoms with van der Waals surface area (Å²) in [7, 11) is 0. The fourth-order valence-electron chi connectivity index (χ4n) is 2.68. The van der Waals surface area contributed by atoms with E-state index in [1.54, 1.807) is 12.1 Å². The Hall–Kier alpha value is -1.97. The Morgan fingerprint density at radius 2 is 1.86 bits per heavy atom. The Balaban J connectivity index is 2.39. The van der Waals surface area contributed by atoms with Gasteiger partial charge in [-0.2, -0.15) is 0 Å². The summed E-state index contributed by atoms with van der Waals surface area (Å²) in [5.74, 6) is -0.910. The molecule has 0 radical (unpaired) electrons. The number of hydrogen-bond acceptors (Lipinski definition) is 1. The van der Waals surface area contributed by atoms with Crippen molar-refractivity contribution in [2.75, 3.05) is 0 Å². The molecule has 0 amide bonds. The van der Waals surface area contributed by atoms with Gasteiger partial charge in [-0.25, -0.2) is 0 Å². The Kier molecular flexibility index (Phi) is 3.85. The molecule has 2 N–H and O–H groups in total. The molecule has 0 aliphatic heterocycles. The van der Waals surface area contributed by atoms with Crippen LogP contribution < -0.4 is 0 Å². The molecule has 0 aliphatic carbocycles. The van der Waals surface area contributed by atoms with Crippen LogP contribution in [-0.4, -0.2) is 16.1 Å². The SMILES string of the molecule is Cc1ccc(Cl)c2c(CC(=O)O)c(-c3ccccc3Cl)[nH]c12. The van der Waals surface area contributed by atoms with E-state index in [2.05, 4.69) is 4.98 Å². The number of aromatic nitrogens is 1. The van der Waals surface area contributed by atoms with Gasteiger partial charge in [0.1, 0.15) is 0 Å². The van der Waals surface area contributed by atoms with Crippen molar-refractivity contribution < 1.29 is 9.90 Å². The Morgan fingerprint density at radius 3 is 2.55 bits per heavy atom. The molecule has 22 heavy (non-hydrogen) atoms. The first kappa shape index (κ1) is 14.9. The van der Waals surface area contributed by atoms with Crippen LogP contribution in [0.15, 0.2) is 36.4 Å². The molecule has 0 spiro atoms. The predicted molar refractivity (Wildman–Crippen MR) is 89.8 cm³/mol. The van der Waals surface area contributed by atoms with Crippen molar-refractivity contribution in [2.24, 2.45) is 0 Å². The van der Waals surface area contributed by atoms with Crippen molar-refractivity contribution in [3.8, 4) is 11.3 Å². The monoisotopic (exact) mass is 333 g/mol. The van der Waals surface area contributed by atoms with E-state index in [1.807, 2.05) is 31.2 Å². The minimum absolute atomic E-state index is 0.121. The summed E-state index contributed by atoms with van der Waals surface area (Å²) in [6.45, 7) is 1.95. The molecular weight excluding hydrogens is 321 g/mol. The van der Waals surface area contributed by atoms with Crippen LogP contribution >= 0.6 is 23.2 Å². The number of fused-ring (bicyclic) bond motifs is 1. The van der Waals surface area contributed by atoms with Gasteiger partial charge in [-0.15, -0.1) is 0 Å². The van der Waals surface area contributed by atoms with E-state index in [-0.39, 0.29) is 6.42 Å². The van der Waals surface area contributed by atoms with Gasteiger partial charge in [-0.1, -0.05) is 47.5 Å². The van der Waals surface area contributed by atoms with E-state index in [9.17, 15) is 9.90 Å². The van der Waals surface area contributed by atoms with Crippen molar-refractivity contribution in [3.05, 3.63) is 57.6 Å². The molecular formula is C17H13Cl2NO2. The third-order valence-electron chi connectivity index (χ3n) is 3.69. The van der Waals surface area contributed by atoms with Gasteiger partial charge in [0.15, 0.2) is 0 Å². The largest absolute Gasteiger partial charge is 0.481 e. The molecule has 1 heterocycles. The van der Waals surface area contributed by atoms with Crippen LogP contribution in [0.2, 0.25) is 10.0 Å². The molecule has 0 atom stereocenters. The molecule has 0 aliphatic rings. The number of rotatable bonds is 3. The zero-order valence-corrected chi connectivity index (χ0v) is 13.3. The average molecular weight is 334 g/mol. The van der Waals surface area contributed by atoms with Crippen molar-refractivity contribution in [3.63, 3.8) is 0 Å². The third-order valence-corrected chi connectivity index (χ3v) is 4.33. The summed E-state index contributed by atoms with van der Waals surface area (Å²) in [6, 6.07) is 11.0. The number of aryl methyl sites for hydroxylation is 1. The third kappa shape index (κ3) is 2.47. The normalized spacial score (nSPS) is 11.0. The van der Waals surface area contributed by atoms with Gasteiger partial charge in [-0.3, -0.25) is 4.79 Å². The molecule has 5 heteroatoms. The first-order chi connectivity index (χ1) is 10.5. The van der Waals surface area contributed by atoms with Crippen molar-refractivity contribution >= 4 is 40.1 Å². The molecule has 1 aromatic heterocycles. The summed E-state index contributed by atoms with van der Waals surface area (Å²) in [4.78, 5) is 14.6. The maximum absolute atomic E-state index is 11.3. The Morgan fingerprint density at radius 1 is 1.14 bits per heavy atom. The van der Waals surface area contributed by atoms with Crippen molar-refractivity contribution in [2.45, 2.75) is 13.3 Å². The van der Waals surface area contributed by atoms with Gasteiger partial charge in [0.25, 0.3) is 0 Å². The summed E-state index contributed by atoms with van der Waals surface area (Å²) >= 11 is 12.6. The molecule has 3 rings (SSSR count). The quantitative estimate of drug-likeness (QED) is 0.702. The second kappa shape index (κ2) is 5.67. The predicted octanol–water partition coefficient (Wildman–Crippen LogP) is 5.08. The highest BCUT2D eigenvalue weighted by Crippen LogP contribution is 2.38. The molecule has 0 saturated heterocycles. The minimum atomic E-state index is -0.910. The lowest BCUT2D eigenvalue weighted by molar-refractivity contribution is -0.136. The number of aliphatic carboxylic acids is 1. The van der Waals surface area contributed by atoms with Gasteiger partial charge < -0.3 is 10.1 Å². The molecule has 2 aromatic carbocycles. The fraction of sp³-hybridized carbons (Fsp3) is 0.118. The average Bonchev–Trinajstić information content (AvgIpc) is 2.83. The first-order valence-corrected chi connectivity index (χ1v) is 7.51. The number of H-pyrrole nitrogens is 1. The standard InChI is InChI=1S/C17H13Cl2NO2/c1-9-6-7-13(19)15-11(8-14(21)22)17(20-16(9)15)10-4-2-3-5-12(10)18/h2-7,20H,8H2,1H3,(H,21,22). The molecule has 3 aromatic rings. The van der Waals surface area contributed by atoms with E-state index in [0.29, 0.717) is 21.3 Å². The van der Waals surface area contributed by atoms with Crippen LogP contribution in [0.3, 0.4) is 0 Å². The van der Waals surface area contributed by atoms with E-state index >= 15 is 0 Å². The number of halogens is 2. The highest BCUT2D eigenvalue weighted by molar-refractivity contribution is 6.36. The van der Waals surface area contributed by atoms with E-state index in [4.69, 9.17) is 23.2 Å². The summed E-state index contributed by atoms with van der Waals surface area (Å²) in [5, 5.41) is 11.1. The second-order valence-corrected chi connectivity index (χ2v) is 5.96. The smallest absolute Gasteiger partial charge is 0.307 e. The fourth-order valence-corrected chi connectivity index (χ4v) is 3.19. The summed E-state index contributed by atoms with van der Waals surface area (Å²) in [6.07, 6.45) is -0.121. The topological polar surface area (TPSA) is 53.1 Å². The number of hydrogen-bond donors (Lipinski definition) is 2. The molecule has 0 bridgehead atoms. The van der Waals surface area contributed by atoms with Crippen LogP contribution in [0, 0.1) is 6.92 Å². The minimum Gasteiger partial charge on any atom is -0.481 e.